The number of aryl methyl sites for hydroxylation is 1. The summed E-state index contributed by atoms with van der Waals surface area (Å²) < 4.78 is 0. The van der Waals surface area contributed by atoms with Crippen LogP contribution in [0.5, 0.6) is 0 Å². The van der Waals surface area contributed by atoms with E-state index in [-0.39, 0.29) is 5.41 Å². The number of aromatic nitrogens is 2. The van der Waals surface area contributed by atoms with Gasteiger partial charge < -0.3 is 4.98 Å². The number of aromatic amines is 1. The third-order valence-electron chi connectivity index (χ3n) is 3.08. The second-order valence-corrected chi connectivity index (χ2v) is 5.52. The van der Waals surface area contributed by atoms with Crippen LogP contribution in [0.15, 0.2) is 23.5 Å². The minimum Gasteiger partial charge on any atom is -0.349 e. The van der Waals surface area contributed by atoms with E-state index in [0.717, 1.165) is 24.2 Å². The van der Waals surface area contributed by atoms with Gasteiger partial charge in [0.05, 0.1) is 0 Å². The van der Waals surface area contributed by atoms with Crippen LogP contribution in [-0.4, -0.2) is 15.8 Å². The van der Waals surface area contributed by atoms with Crippen molar-refractivity contribution in [2.45, 2.75) is 47.5 Å². The molecule has 3 heteroatoms. The zero-order valence-electron chi connectivity index (χ0n) is 11.4. The smallest absolute Gasteiger partial charge is 0.159 e. The summed E-state index contributed by atoms with van der Waals surface area (Å²) in [5.74, 6) is 1.30. The van der Waals surface area contributed by atoms with Gasteiger partial charge in [-0.3, -0.25) is 4.79 Å². The zero-order valence-corrected chi connectivity index (χ0v) is 11.4. The van der Waals surface area contributed by atoms with E-state index >= 15 is 0 Å². The number of rotatable bonds is 0. The normalized spacial score (nSPS) is 18.8. The first-order valence-electron chi connectivity index (χ1n) is 5.97. The molecule has 3 nitrogen and oxygen atoms in total. The Kier molecular flexibility index (Phi) is 4.27. The molecule has 0 unspecified atom stereocenters. The van der Waals surface area contributed by atoms with Gasteiger partial charge in [0.25, 0.3) is 0 Å². The standard InChI is InChI=1S/C10H16O.C4H6N2/c1-7-5-10(3,4)6-9(11)8(7)2;1-4-5-2-3-6-4/h5-6H2,1-4H3;2-3H,1H3,(H,5,6). The molecule has 1 heterocycles. The van der Waals surface area contributed by atoms with Crippen LogP contribution in [0.4, 0.5) is 0 Å². The number of carbonyl (C=O) groups is 1. The average molecular weight is 234 g/mol. The molecule has 0 radical (unpaired) electrons. The van der Waals surface area contributed by atoms with Crippen molar-refractivity contribution in [3.05, 3.63) is 29.4 Å². The average Bonchev–Trinajstić information content (AvgIpc) is 2.65. The highest BCUT2D eigenvalue weighted by atomic mass is 16.1. The first-order valence-corrected chi connectivity index (χ1v) is 5.97. The second-order valence-electron chi connectivity index (χ2n) is 5.52. The first kappa shape index (κ1) is 13.7. The fourth-order valence-corrected chi connectivity index (χ4v) is 2.06. The SMILES string of the molecule is CC1=C(C)C(=O)CC(C)(C)C1.Cc1ncc[nH]1. The maximum absolute atomic E-state index is 11.4. The van der Waals surface area contributed by atoms with E-state index in [1.165, 1.54) is 5.57 Å². The van der Waals surface area contributed by atoms with Crippen LogP contribution in [0.3, 0.4) is 0 Å². The monoisotopic (exact) mass is 234 g/mol. The summed E-state index contributed by atoms with van der Waals surface area (Å²) in [6.45, 7) is 10.2. The van der Waals surface area contributed by atoms with Crippen LogP contribution in [0.1, 0.15) is 46.4 Å². The molecule has 1 aromatic heterocycles. The summed E-state index contributed by atoms with van der Waals surface area (Å²) in [6, 6.07) is 0. The molecule has 17 heavy (non-hydrogen) atoms. The Balaban J connectivity index is 0.000000202. The Bertz CT molecular complexity index is 413. The number of allylic oxidation sites excluding steroid dienone is 2. The third-order valence-corrected chi connectivity index (χ3v) is 3.08. The molecule has 0 aliphatic heterocycles. The lowest BCUT2D eigenvalue weighted by atomic mass is 9.74. The minimum atomic E-state index is 0.195. The van der Waals surface area contributed by atoms with Gasteiger partial charge in [0.2, 0.25) is 0 Å². The van der Waals surface area contributed by atoms with Crippen molar-refractivity contribution in [1.82, 2.24) is 9.97 Å². The Labute approximate surface area is 103 Å². The van der Waals surface area contributed by atoms with Gasteiger partial charge in [0.15, 0.2) is 5.78 Å². The van der Waals surface area contributed by atoms with Crippen LogP contribution >= 0.6 is 0 Å². The second kappa shape index (κ2) is 5.30. The third kappa shape index (κ3) is 4.17. The van der Waals surface area contributed by atoms with Crippen LogP contribution in [0, 0.1) is 12.3 Å². The molecule has 1 aliphatic rings. The molecule has 1 N–H and O–H groups in total. The molecule has 0 saturated carbocycles. The molecule has 94 valence electrons. The topological polar surface area (TPSA) is 45.8 Å². The van der Waals surface area contributed by atoms with Gasteiger partial charge >= 0.3 is 0 Å². The van der Waals surface area contributed by atoms with Gasteiger partial charge in [-0.25, -0.2) is 4.98 Å². The van der Waals surface area contributed by atoms with Gasteiger partial charge in [-0.05, 0) is 38.2 Å². The largest absolute Gasteiger partial charge is 0.349 e. The molecule has 0 fully saturated rings. The van der Waals surface area contributed by atoms with E-state index in [1.807, 2.05) is 13.8 Å². The van der Waals surface area contributed by atoms with E-state index in [2.05, 4.69) is 30.7 Å². The van der Waals surface area contributed by atoms with Crippen LogP contribution in [-0.2, 0) is 4.79 Å². The van der Waals surface area contributed by atoms with Crippen molar-refractivity contribution in [3.63, 3.8) is 0 Å². The van der Waals surface area contributed by atoms with Crippen molar-refractivity contribution < 1.29 is 4.79 Å². The quantitative estimate of drug-likeness (QED) is 0.747. The van der Waals surface area contributed by atoms with Crippen molar-refractivity contribution in [3.8, 4) is 0 Å². The van der Waals surface area contributed by atoms with Gasteiger partial charge in [0.1, 0.15) is 5.82 Å². The molecule has 0 aromatic carbocycles. The number of hydrogen-bond donors (Lipinski definition) is 1. The minimum absolute atomic E-state index is 0.195. The lowest BCUT2D eigenvalue weighted by Crippen LogP contribution is -2.23. The number of H-pyrrole nitrogens is 1. The highest BCUT2D eigenvalue weighted by molar-refractivity contribution is 5.96. The van der Waals surface area contributed by atoms with Gasteiger partial charge in [-0.1, -0.05) is 19.4 Å². The lowest BCUT2D eigenvalue weighted by molar-refractivity contribution is -0.118. The molecule has 0 spiro atoms. The number of Topliss-reactive ketones (excluding diaryl/α,β-unsaturated/α-hetero) is 1. The zero-order chi connectivity index (χ0) is 13.1. The van der Waals surface area contributed by atoms with Crippen molar-refractivity contribution in [2.75, 3.05) is 0 Å². The van der Waals surface area contributed by atoms with E-state index in [4.69, 9.17) is 0 Å². The number of imidazole rings is 1. The summed E-state index contributed by atoms with van der Waals surface area (Å²) in [5.41, 5.74) is 2.45. The molecule has 1 aromatic rings. The van der Waals surface area contributed by atoms with Crippen molar-refractivity contribution in [2.24, 2.45) is 5.41 Å². The van der Waals surface area contributed by atoms with Crippen molar-refractivity contribution >= 4 is 5.78 Å². The molecule has 0 bridgehead atoms. The number of ketones is 1. The highest BCUT2D eigenvalue weighted by Crippen LogP contribution is 2.36. The van der Waals surface area contributed by atoms with Crippen LogP contribution in [0.25, 0.3) is 0 Å². The maximum Gasteiger partial charge on any atom is 0.159 e. The molecule has 0 atom stereocenters. The predicted molar refractivity (Wildman–Crippen MR) is 69.7 cm³/mol. The fraction of sp³-hybridized carbons (Fsp3) is 0.571. The number of nitrogens with zero attached hydrogens (tertiary/aromatic N) is 1. The first-order chi connectivity index (χ1) is 7.82. The number of hydrogen-bond acceptors (Lipinski definition) is 2. The Hall–Kier alpha value is -1.38. The summed E-state index contributed by atoms with van der Waals surface area (Å²) in [5, 5.41) is 0. The maximum atomic E-state index is 11.4. The number of carbonyl (C=O) groups excluding carboxylic acids is 1. The van der Waals surface area contributed by atoms with Crippen molar-refractivity contribution in [1.29, 1.82) is 0 Å². The summed E-state index contributed by atoms with van der Waals surface area (Å²) in [4.78, 5) is 18.1. The summed E-state index contributed by atoms with van der Waals surface area (Å²) in [7, 11) is 0. The van der Waals surface area contributed by atoms with Crippen LogP contribution in [0.2, 0.25) is 0 Å². The molecule has 1 aliphatic carbocycles. The van der Waals surface area contributed by atoms with E-state index in [1.54, 1.807) is 12.4 Å². The summed E-state index contributed by atoms with van der Waals surface area (Å²) in [6.07, 6.45) is 5.32. The molecule has 0 amide bonds. The Morgan fingerprint density at radius 1 is 1.24 bits per heavy atom. The van der Waals surface area contributed by atoms with Gasteiger partial charge in [0, 0.05) is 18.8 Å². The van der Waals surface area contributed by atoms with Crippen LogP contribution < -0.4 is 0 Å². The fourth-order valence-electron chi connectivity index (χ4n) is 2.06. The Morgan fingerprint density at radius 3 is 2.24 bits per heavy atom. The molecular weight excluding hydrogens is 212 g/mol. The summed E-state index contributed by atoms with van der Waals surface area (Å²) >= 11 is 0. The van der Waals surface area contributed by atoms with Gasteiger partial charge in [-0.15, -0.1) is 0 Å². The van der Waals surface area contributed by atoms with E-state index in [9.17, 15) is 4.79 Å². The van der Waals surface area contributed by atoms with Gasteiger partial charge in [-0.2, -0.15) is 0 Å². The molecule has 2 rings (SSSR count). The Morgan fingerprint density at radius 2 is 1.88 bits per heavy atom. The predicted octanol–water partition coefficient (Wildman–Crippen LogP) is 3.43. The lowest BCUT2D eigenvalue weighted by Gasteiger charge is -2.29. The highest BCUT2D eigenvalue weighted by Gasteiger charge is 2.28. The van der Waals surface area contributed by atoms with E-state index < -0.39 is 0 Å². The molecule has 0 saturated heterocycles. The molecular formula is C14H22N2O. The number of nitrogens with one attached hydrogen (secondary N) is 1. The van der Waals surface area contributed by atoms with E-state index in [0.29, 0.717) is 5.78 Å².